The molecule has 0 heterocycles. The van der Waals surface area contributed by atoms with Gasteiger partial charge in [-0.3, -0.25) is 4.79 Å². The first-order valence-electron chi connectivity index (χ1n) is 5.56. The number of benzene rings is 1. The first kappa shape index (κ1) is 15.1. The summed E-state index contributed by atoms with van der Waals surface area (Å²) in [5, 5.41) is 3.33. The minimum Gasteiger partial charge on any atom is -0.397 e. The van der Waals surface area contributed by atoms with Gasteiger partial charge in [0.1, 0.15) is 0 Å². The second-order valence-electron chi connectivity index (χ2n) is 4.14. The van der Waals surface area contributed by atoms with Gasteiger partial charge in [0.05, 0.1) is 17.1 Å². The van der Waals surface area contributed by atoms with Gasteiger partial charge >= 0.3 is 0 Å². The molecule has 0 saturated heterocycles. The highest BCUT2D eigenvalue weighted by molar-refractivity contribution is 7.99. The zero-order valence-corrected chi connectivity index (χ0v) is 12.1. The van der Waals surface area contributed by atoms with Gasteiger partial charge in [-0.2, -0.15) is 11.8 Å². The monoisotopic (exact) mass is 287 g/mol. The summed E-state index contributed by atoms with van der Waals surface area (Å²) in [7, 11) is 4.02. The zero-order chi connectivity index (χ0) is 13.5. The topological polar surface area (TPSA) is 58.4 Å². The molecule has 0 aromatic heterocycles. The number of hydrogen-bond donors (Lipinski definition) is 2. The third kappa shape index (κ3) is 5.62. The lowest BCUT2D eigenvalue weighted by Crippen LogP contribution is -2.18. The van der Waals surface area contributed by atoms with Crippen molar-refractivity contribution in [2.24, 2.45) is 0 Å². The number of thioether (sulfide) groups is 1. The minimum atomic E-state index is -0.0484. The van der Waals surface area contributed by atoms with Gasteiger partial charge in [-0.15, -0.1) is 0 Å². The van der Waals surface area contributed by atoms with Crippen molar-refractivity contribution >= 4 is 40.6 Å². The SMILES string of the molecule is CN(C)CCSCC(=O)Nc1ccc(Cl)cc1N. The number of carbonyl (C=O) groups is 1. The van der Waals surface area contributed by atoms with E-state index in [-0.39, 0.29) is 5.91 Å². The van der Waals surface area contributed by atoms with Crippen LogP contribution in [0.1, 0.15) is 0 Å². The lowest BCUT2D eigenvalue weighted by atomic mass is 10.2. The third-order valence-electron chi connectivity index (χ3n) is 2.20. The van der Waals surface area contributed by atoms with E-state index < -0.39 is 0 Å². The number of hydrogen-bond acceptors (Lipinski definition) is 4. The normalized spacial score (nSPS) is 10.7. The maximum atomic E-state index is 11.7. The molecule has 100 valence electrons. The van der Waals surface area contributed by atoms with Crippen molar-refractivity contribution in [2.45, 2.75) is 0 Å². The van der Waals surface area contributed by atoms with Gasteiger partial charge in [0, 0.05) is 17.3 Å². The van der Waals surface area contributed by atoms with Crippen LogP contribution in [0.3, 0.4) is 0 Å². The number of anilines is 2. The van der Waals surface area contributed by atoms with E-state index >= 15 is 0 Å². The second-order valence-corrected chi connectivity index (χ2v) is 5.68. The molecule has 1 rings (SSSR count). The second kappa shape index (κ2) is 7.51. The maximum Gasteiger partial charge on any atom is 0.234 e. The van der Waals surface area contributed by atoms with Crippen LogP contribution in [-0.2, 0) is 4.79 Å². The van der Waals surface area contributed by atoms with E-state index in [1.807, 2.05) is 14.1 Å². The van der Waals surface area contributed by atoms with Gasteiger partial charge in [0.25, 0.3) is 0 Å². The van der Waals surface area contributed by atoms with Crippen molar-refractivity contribution in [2.75, 3.05) is 43.2 Å². The Labute approximate surface area is 117 Å². The Balaban J connectivity index is 2.35. The molecule has 0 aliphatic carbocycles. The molecule has 0 bridgehead atoms. The smallest absolute Gasteiger partial charge is 0.234 e. The highest BCUT2D eigenvalue weighted by Crippen LogP contribution is 2.22. The van der Waals surface area contributed by atoms with Crippen molar-refractivity contribution in [3.05, 3.63) is 23.2 Å². The fourth-order valence-corrected chi connectivity index (χ4v) is 2.32. The molecule has 0 fully saturated rings. The van der Waals surface area contributed by atoms with Crippen LogP contribution in [0.15, 0.2) is 18.2 Å². The van der Waals surface area contributed by atoms with Crippen LogP contribution >= 0.6 is 23.4 Å². The summed E-state index contributed by atoms with van der Waals surface area (Å²) in [5.74, 6) is 1.31. The molecule has 0 saturated carbocycles. The van der Waals surface area contributed by atoms with Gasteiger partial charge in [-0.05, 0) is 32.3 Å². The van der Waals surface area contributed by atoms with Crippen molar-refractivity contribution in [3.63, 3.8) is 0 Å². The van der Waals surface area contributed by atoms with Crippen LogP contribution in [0.4, 0.5) is 11.4 Å². The Morgan fingerprint density at radius 2 is 2.22 bits per heavy atom. The molecule has 0 atom stereocenters. The minimum absolute atomic E-state index is 0.0484. The van der Waals surface area contributed by atoms with E-state index in [0.717, 1.165) is 12.3 Å². The number of amides is 1. The molecule has 3 N–H and O–H groups in total. The van der Waals surface area contributed by atoms with Crippen LogP contribution in [-0.4, -0.2) is 43.0 Å². The van der Waals surface area contributed by atoms with Crippen LogP contribution < -0.4 is 11.1 Å². The van der Waals surface area contributed by atoms with E-state index in [4.69, 9.17) is 17.3 Å². The third-order valence-corrected chi connectivity index (χ3v) is 3.38. The molecule has 0 aliphatic heterocycles. The molecule has 0 spiro atoms. The Bertz CT molecular complexity index is 412. The predicted molar refractivity (Wildman–Crippen MR) is 80.4 cm³/mol. The summed E-state index contributed by atoms with van der Waals surface area (Å²) in [6, 6.07) is 5.03. The number of nitrogens with zero attached hydrogens (tertiary/aromatic N) is 1. The molecule has 1 amide bonds. The largest absolute Gasteiger partial charge is 0.397 e. The summed E-state index contributed by atoms with van der Waals surface area (Å²) in [4.78, 5) is 13.7. The number of halogens is 1. The van der Waals surface area contributed by atoms with Crippen LogP contribution in [0.25, 0.3) is 0 Å². The van der Waals surface area contributed by atoms with E-state index in [0.29, 0.717) is 22.2 Å². The van der Waals surface area contributed by atoms with Crippen molar-refractivity contribution in [1.82, 2.24) is 4.90 Å². The van der Waals surface area contributed by atoms with Crippen molar-refractivity contribution in [3.8, 4) is 0 Å². The van der Waals surface area contributed by atoms with Gasteiger partial charge in [-0.1, -0.05) is 11.6 Å². The first-order valence-corrected chi connectivity index (χ1v) is 7.09. The number of nitrogens with one attached hydrogen (secondary N) is 1. The summed E-state index contributed by atoms with van der Waals surface area (Å²) in [6.07, 6.45) is 0. The molecular formula is C12H18ClN3OS. The molecule has 0 unspecified atom stereocenters. The number of nitrogen functional groups attached to an aromatic ring is 1. The Morgan fingerprint density at radius 3 is 2.83 bits per heavy atom. The average molecular weight is 288 g/mol. The van der Waals surface area contributed by atoms with Crippen LogP contribution in [0, 0.1) is 0 Å². The van der Waals surface area contributed by atoms with Crippen LogP contribution in [0.5, 0.6) is 0 Å². The fourth-order valence-electron chi connectivity index (χ4n) is 1.25. The van der Waals surface area contributed by atoms with E-state index in [1.54, 1.807) is 30.0 Å². The molecule has 6 heteroatoms. The first-order chi connectivity index (χ1) is 8.49. The summed E-state index contributed by atoms with van der Waals surface area (Å²) < 4.78 is 0. The van der Waals surface area contributed by atoms with Gasteiger partial charge in [-0.25, -0.2) is 0 Å². The standard InChI is InChI=1S/C12H18ClN3OS/c1-16(2)5-6-18-8-12(17)15-11-4-3-9(13)7-10(11)14/h3-4,7H,5-6,8,14H2,1-2H3,(H,15,17). The summed E-state index contributed by atoms with van der Waals surface area (Å²) in [6.45, 7) is 0.959. The van der Waals surface area contributed by atoms with Gasteiger partial charge in [0.2, 0.25) is 5.91 Å². The van der Waals surface area contributed by atoms with Crippen molar-refractivity contribution in [1.29, 1.82) is 0 Å². The maximum absolute atomic E-state index is 11.7. The van der Waals surface area contributed by atoms with E-state index in [9.17, 15) is 4.79 Å². The number of carbonyl (C=O) groups excluding carboxylic acids is 1. The molecule has 1 aromatic carbocycles. The fraction of sp³-hybridized carbons (Fsp3) is 0.417. The van der Waals surface area contributed by atoms with Gasteiger partial charge in [0.15, 0.2) is 0 Å². The average Bonchev–Trinajstić information content (AvgIpc) is 2.28. The molecule has 1 aromatic rings. The number of nitrogens with two attached hydrogens (primary N) is 1. The molecular weight excluding hydrogens is 270 g/mol. The predicted octanol–water partition coefficient (Wildman–Crippen LogP) is 2.16. The Hall–Kier alpha value is -0.910. The van der Waals surface area contributed by atoms with E-state index in [1.165, 1.54) is 0 Å². The molecule has 4 nitrogen and oxygen atoms in total. The van der Waals surface area contributed by atoms with Gasteiger partial charge < -0.3 is 16.0 Å². The lowest BCUT2D eigenvalue weighted by molar-refractivity contribution is -0.113. The quantitative estimate of drug-likeness (QED) is 0.622. The Kier molecular flexibility index (Phi) is 6.32. The van der Waals surface area contributed by atoms with Crippen molar-refractivity contribution < 1.29 is 4.79 Å². The lowest BCUT2D eigenvalue weighted by Gasteiger charge is -2.10. The molecule has 0 aliphatic rings. The summed E-state index contributed by atoms with van der Waals surface area (Å²) >= 11 is 7.38. The highest BCUT2D eigenvalue weighted by Gasteiger charge is 2.05. The van der Waals surface area contributed by atoms with E-state index in [2.05, 4.69) is 10.2 Å². The zero-order valence-electron chi connectivity index (χ0n) is 10.6. The Morgan fingerprint density at radius 1 is 1.50 bits per heavy atom. The number of rotatable bonds is 6. The summed E-state index contributed by atoms with van der Waals surface area (Å²) in [5.41, 5.74) is 6.84. The molecule has 0 radical (unpaired) electrons. The highest BCUT2D eigenvalue weighted by atomic mass is 35.5. The van der Waals surface area contributed by atoms with Crippen LogP contribution in [0.2, 0.25) is 5.02 Å². The molecule has 18 heavy (non-hydrogen) atoms.